The van der Waals surface area contributed by atoms with E-state index in [9.17, 15) is 10.2 Å². The topological polar surface area (TPSA) is 76.3 Å². The van der Waals surface area contributed by atoms with Crippen LogP contribution in [0.4, 0.5) is 11.4 Å². The van der Waals surface area contributed by atoms with E-state index in [4.69, 9.17) is 5.26 Å². The van der Waals surface area contributed by atoms with Crippen LogP contribution >= 0.6 is 0 Å². The van der Waals surface area contributed by atoms with Crippen LogP contribution in [-0.2, 0) is 0 Å². The van der Waals surface area contributed by atoms with Gasteiger partial charge in [-0.15, -0.1) is 0 Å². The van der Waals surface area contributed by atoms with Gasteiger partial charge in [0, 0.05) is 11.4 Å². The number of nitrogens with one attached hydrogen (secondary N) is 1. The first-order chi connectivity index (χ1) is 9.70. The maximum absolute atomic E-state index is 9.98. The molecule has 0 heterocycles. The minimum atomic E-state index is -1.08. The molecule has 0 saturated carbocycles. The molecule has 4 heteroatoms. The second kappa shape index (κ2) is 6.71. The van der Waals surface area contributed by atoms with Crippen LogP contribution in [-0.4, -0.2) is 16.3 Å². The summed E-state index contributed by atoms with van der Waals surface area (Å²) in [5.74, 6) is 0. The number of hydrogen-bond acceptors (Lipinski definition) is 4. The van der Waals surface area contributed by atoms with E-state index in [1.54, 1.807) is 18.2 Å². The highest BCUT2D eigenvalue weighted by Gasteiger charge is 2.18. The number of benzene rings is 2. The summed E-state index contributed by atoms with van der Waals surface area (Å²) < 4.78 is 0. The molecule has 0 amide bonds. The van der Waals surface area contributed by atoms with Crippen LogP contribution in [0, 0.1) is 11.3 Å². The lowest BCUT2D eigenvalue weighted by molar-refractivity contribution is 0.0217. The third-order valence-corrected chi connectivity index (χ3v) is 2.96. The molecule has 0 aromatic heterocycles. The lowest BCUT2D eigenvalue weighted by Gasteiger charge is -2.16. The van der Waals surface area contributed by atoms with Crippen molar-refractivity contribution in [2.75, 3.05) is 5.32 Å². The molecule has 0 aliphatic heterocycles. The van der Waals surface area contributed by atoms with Crippen LogP contribution < -0.4 is 5.32 Å². The average molecular weight is 268 g/mol. The van der Waals surface area contributed by atoms with Crippen molar-refractivity contribution in [3.05, 3.63) is 60.2 Å². The highest BCUT2D eigenvalue weighted by atomic mass is 16.3. The van der Waals surface area contributed by atoms with E-state index in [1.807, 2.05) is 42.5 Å². The van der Waals surface area contributed by atoms with E-state index in [0.29, 0.717) is 5.56 Å². The zero-order valence-electron chi connectivity index (χ0n) is 10.9. The molecule has 2 unspecified atom stereocenters. The van der Waals surface area contributed by atoms with E-state index in [2.05, 4.69) is 5.32 Å². The highest BCUT2D eigenvalue weighted by molar-refractivity contribution is 5.60. The number of hydrogen-bond donors (Lipinski definition) is 3. The summed E-state index contributed by atoms with van der Waals surface area (Å²) in [5, 5.41) is 31.4. The average Bonchev–Trinajstić information content (AvgIpc) is 2.48. The Morgan fingerprint density at radius 2 is 1.70 bits per heavy atom. The molecule has 0 fully saturated rings. The van der Waals surface area contributed by atoms with Gasteiger partial charge >= 0.3 is 0 Å². The minimum absolute atomic E-state index is 0.0997. The predicted octanol–water partition coefficient (Wildman–Crippen LogP) is 2.74. The molecule has 0 bridgehead atoms. The number of aliphatic hydroxyl groups excluding tert-OH is 2. The number of anilines is 2. The Morgan fingerprint density at radius 1 is 1.00 bits per heavy atom. The Kier molecular flexibility index (Phi) is 4.72. The van der Waals surface area contributed by atoms with E-state index < -0.39 is 12.2 Å². The number of para-hydroxylation sites is 1. The van der Waals surface area contributed by atoms with Gasteiger partial charge in [0.25, 0.3) is 0 Å². The van der Waals surface area contributed by atoms with Crippen LogP contribution in [0.5, 0.6) is 0 Å². The van der Waals surface area contributed by atoms with Gasteiger partial charge in [-0.05, 0) is 29.8 Å². The Labute approximate surface area is 117 Å². The quantitative estimate of drug-likeness (QED) is 0.779. The summed E-state index contributed by atoms with van der Waals surface area (Å²) in [4.78, 5) is 0. The number of aliphatic hydroxyl groups is 2. The minimum Gasteiger partial charge on any atom is -0.389 e. The summed E-state index contributed by atoms with van der Waals surface area (Å²) in [5.41, 5.74) is 2.34. The summed E-state index contributed by atoms with van der Waals surface area (Å²) in [6, 6.07) is 18.7. The Hall–Kier alpha value is -2.35. The second-order valence-electron chi connectivity index (χ2n) is 4.49. The Bertz CT molecular complexity index is 593. The van der Waals surface area contributed by atoms with Crippen LogP contribution in [0.15, 0.2) is 54.6 Å². The summed E-state index contributed by atoms with van der Waals surface area (Å²) in [6.45, 7) is 0. The molecule has 4 nitrogen and oxygen atoms in total. The molecule has 2 aromatic rings. The van der Waals surface area contributed by atoms with Crippen molar-refractivity contribution in [2.45, 2.75) is 18.6 Å². The van der Waals surface area contributed by atoms with Crippen molar-refractivity contribution in [1.82, 2.24) is 0 Å². The smallest absolute Gasteiger partial charge is 0.106 e. The predicted molar refractivity (Wildman–Crippen MR) is 77.4 cm³/mol. The van der Waals surface area contributed by atoms with E-state index >= 15 is 0 Å². The van der Waals surface area contributed by atoms with E-state index in [1.165, 1.54) is 0 Å². The van der Waals surface area contributed by atoms with E-state index in [-0.39, 0.29) is 6.42 Å². The molecule has 2 aromatic carbocycles. The molecule has 102 valence electrons. The van der Waals surface area contributed by atoms with Gasteiger partial charge in [-0.2, -0.15) is 5.26 Å². The van der Waals surface area contributed by atoms with Crippen molar-refractivity contribution >= 4 is 11.4 Å². The third-order valence-electron chi connectivity index (χ3n) is 2.96. The lowest BCUT2D eigenvalue weighted by Crippen LogP contribution is -2.17. The van der Waals surface area contributed by atoms with Crippen molar-refractivity contribution in [3.63, 3.8) is 0 Å². The molecule has 0 spiro atoms. The van der Waals surface area contributed by atoms with Crippen LogP contribution in [0.2, 0.25) is 0 Å². The summed E-state index contributed by atoms with van der Waals surface area (Å²) in [6.07, 6.45) is -2.24. The zero-order chi connectivity index (χ0) is 14.4. The van der Waals surface area contributed by atoms with Crippen molar-refractivity contribution < 1.29 is 10.2 Å². The first kappa shape index (κ1) is 14.1. The van der Waals surface area contributed by atoms with Crippen molar-refractivity contribution in [2.24, 2.45) is 0 Å². The second-order valence-corrected chi connectivity index (χ2v) is 4.49. The van der Waals surface area contributed by atoms with Crippen LogP contribution in [0.3, 0.4) is 0 Å². The fraction of sp³-hybridized carbons (Fsp3) is 0.188. The fourth-order valence-corrected chi connectivity index (χ4v) is 1.92. The van der Waals surface area contributed by atoms with Gasteiger partial charge in [-0.3, -0.25) is 0 Å². The van der Waals surface area contributed by atoms with Crippen molar-refractivity contribution in [1.29, 1.82) is 5.26 Å². The molecule has 3 N–H and O–H groups in total. The van der Waals surface area contributed by atoms with Crippen molar-refractivity contribution in [3.8, 4) is 6.07 Å². The molecule has 2 atom stereocenters. The van der Waals surface area contributed by atoms with Gasteiger partial charge in [0.1, 0.15) is 6.10 Å². The molecule has 0 saturated heterocycles. The Balaban J connectivity index is 2.14. The molecule has 0 aliphatic rings. The molecule has 0 aliphatic carbocycles. The molecular weight excluding hydrogens is 252 g/mol. The first-order valence-corrected chi connectivity index (χ1v) is 6.36. The summed E-state index contributed by atoms with van der Waals surface area (Å²) >= 11 is 0. The first-order valence-electron chi connectivity index (χ1n) is 6.36. The van der Waals surface area contributed by atoms with Crippen LogP contribution in [0.25, 0.3) is 0 Å². The van der Waals surface area contributed by atoms with Crippen LogP contribution in [0.1, 0.15) is 18.1 Å². The van der Waals surface area contributed by atoms with E-state index in [0.717, 1.165) is 11.4 Å². The fourth-order valence-electron chi connectivity index (χ4n) is 1.92. The standard InChI is InChI=1S/C16H16N2O2/c17-10-9-15(19)16(20)12-5-4-8-14(11-12)18-13-6-2-1-3-7-13/h1-8,11,15-16,18-20H,9H2. The Morgan fingerprint density at radius 3 is 2.40 bits per heavy atom. The number of rotatable bonds is 5. The normalized spacial score (nSPS) is 13.2. The molecule has 2 rings (SSSR count). The van der Waals surface area contributed by atoms with Gasteiger partial charge in [0.05, 0.1) is 18.6 Å². The number of nitrogens with zero attached hydrogens (tertiary/aromatic N) is 1. The van der Waals surface area contributed by atoms with Gasteiger partial charge < -0.3 is 15.5 Å². The number of nitriles is 1. The maximum atomic E-state index is 9.98. The van der Waals surface area contributed by atoms with Gasteiger partial charge in [-0.25, -0.2) is 0 Å². The third kappa shape index (κ3) is 3.58. The summed E-state index contributed by atoms with van der Waals surface area (Å²) in [7, 11) is 0. The van der Waals surface area contributed by atoms with Gasteiger partial charge in [0.15, 0.2) is 0 Å². The lowest BCUT2D eigenvalue weighted by atomic mass is 10.0. The molecule has 0 radical (unpaired) electrons. The SMILES string of the molecule is N#CCC(O)C(O)c1cccc(Nc2ccccc2)c1. The zero-order valence-corrected chi connectivity index (χ0v) is 10.9. The molecular formula is C16H16N2O2. The largest absolute Gasteiger partial charge is 0.389 e. The highest BCUT2D eigenvalue weighted by Crippen LogP contribution is 2.23. The van der Waals surface area contributed by atoms with Gasteiger partial charge in [0.2, 0.25) is 0 Å². The van der Waals surface area contributed by atoms with Gasteiger partial charge in [-0.1, -0.05) is 30.3 Å². The molecule has 20 heavy (non-hydrogen) atoms. The monoisotopic (exact) mass is 268 g/mol. The maximum Gasteiger partial charge on any atom is 0.106 e.